The summed E-state index contributed by atoms with van der Waals surface area (Å²) in [5, 5.41) is 2.84. The molecule has 0 spiro atoms. The standard InChI is InChI=1S/C25H28N2O5/c1-6-17-9-7-8-15(4)21(17)26-22(28)16(5)32-25(31)18-10-11-19-20(12-18)24(30)27(23(19)29)13-14(2)3/h7-12,14,16H,6,13H2,1-5H3,(H,26,28). The Labute approximate surface area is 187 Å². The fraction of sp³-hybridized carbons (Fsp3) is 0.360. The molecule has 32 heavy (non-hydrogen) atoms. The molecule has 0 saturated heterocycles. The molecule has 2 aromatic carbocycles. The van der Waals surface area contributed by atoms with E-state index >= 15 is 0 Å². The van der Waals surface area contributed by atoms with Gasteiger partial charge in [0, 0.05) is 12.2 Å². The number of fused-ring (bicyclic) bond motifs is 1. The summed E-state index contributed by atoms with van der Waals surface area (Å²) in [7, 11) is 0. The SMILES string of the molecule is CCc1cccc(C)c1NC(=O)C(C)OC(=O)c1ccc2c(c1)C(=O)N(CC(C)C)C2=O. The number of para-hydroxylation sites is 1. The quantitative estimate of drug-likeness (QED) is 0.523. The molecule has 168 valence electrons. The van der Waals surface area contributed by atoms with Crippen LogP contribution < -0.4 is 5.32 Å². The van der Waals surface area contributed by atoms with E-state index in [0.29, 0.717) is 6.54 Å². The van der Waals surface area contributed by atoms with E-state index in [0.717, 1.165) is 23.2 Å². The lowest BCUT2D eigenvalue weighted by Gasteiger charge is -2.17. The molecule has 0 fully saturated rings. The fourth-order valence-corrected chi connectivity index (χ4v) is 3.66. The number of hydrogen-bond donors (Lipinski definition) is 1. The summed E-state index contributed by atoms with van der Waals surface area (Å²) in [6.45, 7) is 9.52. The van der Waals surface area contributed by atoms with Crippen molar-refractivity contribution in [2.75, 3.05) is 11.9 Å². The monoisotopic (exact) mass is 436 g/mol. The molecule has 3 amide bonds. The van der Waals surface area contributed by atoms with Gasteiger partial charge in [0.1, 0.15) is 0 Å². The Morgan fingerprint density at radius 2 is 1.72 bits per heavy atom. The van der Waals surface area contributed by atoms with Crippen molar-refractivity contribution in [3.63, 3.8) is 0 Å². The second-order valence-electron chi connectivity index (χ2n) is 8.37. The zero-order valence-corrected chi connectivity index (χ0v) is 19.0. The van der Waals surface area contributed by atoms with Crippen molar-refractivity contribution < 1.29 is 23.9 Å². The number of aryl methyl sites for hydroxylation is 2. The third kappa shape index (κ3) is 4.56. The molecule has 0 saturated carbocycles. The van der Waals surface area contributed by atoms with Crippen LogP contribution in [-0.2, 0) is 16.0 Å². The molecule has 1 heterocycles. The zero-order valence-electron chi connectivity index (χ0n) is 19.0. The summed E-state index contributed by atoms with van der Waals surface area (Å²) in [4.78, 5) is 51.6. The summed E-state index contributed by atoms with van der Waals surface area (Å²) < 4.78 is 5.34. The van der Waals surface area contributed by atoms with Gasteiger partial charge in [-0.1, -0.05) is 39.0 Å². The number of imide groups is 1. The van der Waals surface area contributed by atoms with Crippen molar-refractivity contribution in [3.8, 4) is 0 Å². The predicted molar refractivity (Wildman–Crippen MR) is 121 cm³/mol. The van der Waals surface area contributed by atoms with Gasteiger partial charge in [-0.05, 0) is 55.5 Å². The topological polar surface area (TPSA) is 92.8 Å². The number of esters is 1. The van der Waals surface area contributed by atoms with E-state index < -0.39 is 23.9 Å². The number of nitrogens with zero attached hydrogens (tertiary/aromatic N) is 1. The van der Waals surface area contributed by atoms with Crippen LogP contribution in [0, 0.1) is 12.8 Å². The summed E-state index contributed by atoms with van der Waals surface area (Å²) in [5.41, 5.74) is 3.18. The first-order valence-corrected chi connectivity index (χ1v) is 10.7. The molecule has 0 radical (unpaired) electrons. The highest BCUT2D eigenvalue weighted by Gasteiger charge is 2.36. The average Bonchev–Trinajstić information content (AvgIpc) is 2.98. The van der Waals surface area contributed by atoms with Crippen LogP contribution in [0.25, 0.3) is 0 Å². The molecule has 0 aromatic heterocycles. The van der Waals surface area contributed by atoms with Gasteiger partial charge in [-0.15, -0.1) is 0 Å². The second-order valence-corrected chi connectivity index (χ2v) is 8.37. The van der Waals surface area contributed by atoms with Crippen LogP contribution in [0.5, 0.6) is 0 Å². The van der Waals surface area contributed by atoms with Gasteiger partial charge < -0.3 is 10.1 Å². The number of carbonyl (C=O) groups is 4. The number of anilines is 1. The van der Waals surface area contributed by atoms with Crippen LogP contribution in [0.2, 0.25) is 0 Å². The second kappa shape index (κ2) is 9.34. The molecule has 0 bridgehead atoms. The minimum Gasteiger partial charge on any atom is -0.449 e. The van der Waals surface area contributed by atoms with Crippen LogP contribution in [0.4, 0.5) is 5.69 Å². The fourth-order valence-electron chi connectivity index (χ4n) is 3.66. The number of carbonyl (C=O) groups excluding carboxylic acids is 4. The Hall–Kier alpha value is -3.48. The van der Waals surface area contributed by atoms with E-state index in [1.807, 2.05) is 45.9 Å². The molecule has 3 rings (SSSR count). The van der Waals surface area contributed by atoms with Crippen molar-refractivity contribution in [2.45, 2.75) is 47.1 Å². The predicted octanol–water partition coefficient (Wildman–Crippen LogP) is 3.99. The lowest BCUT2D eigenvalue weighted by atomic mass is 10.1. The van der Waals surface area contributed by atoms with Crippen molar-refractivity contribution in [1.29, 1.82) is 0 Å². The smallest absolute Gasteiger partial charge is 0.338 e. The third-order valence-electron chi connectivity index (χ3n) is 5.40. The minimum atomic E-state index is -1.05. The van der Waals surface area contributed by atoms with E-state index in [-0.39, 0.29) is 28.5 Å². The molecule has 0 aliphatic carbocycles. The molecule has 7 heteroatoms. The number of amides is 3. The van der Waals surface area contributed by atoms with Gasteiger partial charge in [0.2, 0.25) is 0 Å². The number of nitrogens with one attached hydrogen (secondary N) is 1. The Bertz CT molecular complexity index is 1090. The van der Waals surface area contributed by atoms with Gasteiger partial charge in [-0.3, -0.25) is 19.3 Å². The molecule has 1 unspecified atom stereocenters. The maximum atomic E-state index is 12.6. The first-order valence-electron chi connectivity index (χ1n) is 10.7. The van der Waals surface area contributed by atoms with Gasteiger partial charge in [-0.2, -0.15) is 0 Å². The first-order chi connectivity index (χ1) is 15.1. The van der Waals surface area contributed by atoms with Gasteiger partial charge in [-0.25, -0.2) is 4.79 Å². The van der Waals surface area contributed by atoms with E-state index in [2.05, 4.69) is 5.32 Å². The number of ether oxygens (including phenoxy) is 1. The Morgan fingerprint density at radius 3 is 2.38 bits per heavy atom. The summed E-state index contributed by atoms with van der Waals surface area (Å²) in [6, 6.07) is 10.0. The van der Waals surface area contributed by atoms with Gasteiger partial charge in [0.15, 0.2) is 6.10 Å². The normalized spacial score (nSPS) is 13.9. The van der Waals surface area contributed by atoms with E-state index in [1.165, 1.54) is 30.0 Å². The Balaban J connectivity index is 1.72. The molecule has 7 nitrogen and oxygen atoms in total. The highest BCUT2D eigenvalue weighted by atomic mass is 16.5. The molecular formula is C25H28N2O5. The van der Waals surface area contributed by atoms with Gasteiger partial charge in [0.05, 0.1) is 16.7 Å². The molecule has 1 atom stereocenters. The molecule has 1 aliphatic rings. The highest BCUT2D eigenvalue weighted by Crippen LogP contribution is 2.26. The zero-order chi connectivity index (χ0) is 23.6. The van der Waals surface area contributed by atoms with Crippen LogP contribution in [-0.4, -0.2) is 41.2 Å². The van der Waals surface area contributed by atoms with E-state index in [4.69, 9.17) is 4.74 Å². The molecule has 1 aliphatic heterocycles. The maximum Gasteiger partial charge on any atom is 0.338 e. The third-order valence-corrected chi connectivity index (χ3v) is 5.40. The van der Waals surface area contributed by atoms with Crippen molar-refractivity contribution in [3.05, 3.63) is 64.2 Å². The number of rotatable bonds is 7. The highest BCUT2D eigenvalue weighted by molar-refractivity contribution is 6.22. The van der Waals surface area contributed by atoms with Crippen LogP contribution >= 0.6 is 0 Å². The Morgan fingerprint density at radius 1 is 1.03 bits per heavy atom. The van der Waals surface area contributed by atoms with Crippen LogP contribution in [0.15, 0.2) is 36.4 Å². The van der Waals surface area contributed by atoms with Crippen molar-refractivity contribution in [1.82, 2.24) is 4.90 Å². The van der Waals surface area contributed by atoms with Crippen molar-refractivity contribution in [2.24, 2.45) is 5.92 Å². The lowest BCUT2D eigenvalue weighted by molar-refractivity contribution is -0.123. The lowest BCUT2D eigenvalue weighted by Crippen LogP contribution is -2.33. The summed E-state index contributed by atoms with van der Waals surface area (Å²) in [6.07, 6.45) is -0.295. The first kappa shape index (κ1) is 23.2. The van der Waals surface area contributed by atoms with Gasteiger partial charge in [0.25, 0.3) is 17.7 Å². The number of benzene rings is 2. The maximum absolute atomic E-state index is 12.6. The largest absolute Gasteiger partial charge is 0.449 e. The van der Waals surface area contributed by atoms with Crippen LogP contribution in [0.3, 0.4) is 0 Å². The molecule has 2 aromatic rings. The summed E-state index contributed by atoms with van der Waals surface area (Å²) in [5.74, 6) is -1.85. The summed E-state index contributed by atoms with van der Waals surface area (Å²) >= 11 is 0. The molecular weight excluding hydrogens is 408 g/mol. The van der Waals surface area contributed by atoms with Crippen molar-refractivity contribution >= 4 is 29.4 Å². The Kier molecular flexibility index (Phi) is 6.77. The van der Waals surface area contributed by atoms with E-state index in [9.17, 15) is 19.2 Å². The van der Waals surface area contributed by atoms with Gasteiger partial charge >= 0.3 is 5.97 Å². The molecule has 1 N–H and O–H groups in total. The average molecular weight is 437 g/mol. The van der Waals surface area contributed by atoms with E-state index in [1.54, 1.807) is 0 Å². The minimum absolute atomic E-state index is 0.112. The van der Waals surface area contributed by atoms with Crippen LogP contribution in [0.1, 0.15) is 69.9 Å². The number of hydrogen-bond acceptors (Lipinski definition) is 5.